The fourth-order valence-electron chi connectivity index (χ4n) is 2.39. The van der Waals surface area contributed by atoms with E-state index in [0.29, 0.717) is 18.4 Å². The molecule has 1 aliphatic heterocycles. The maximum atomic E-state index is 12.7. The zero-order valence-corrected chi connectivity index (χ0v) is 10.8. The highest BCUT2D eigenvalue weighted by molar-refractivity contribution is 5.31. The van der Waals surface area contributed by atoms with Crippen LogP contribution in [0.2, 0.25) is 0 Å². The van der Waals surface area contributed by atoms with Gasteiger partial charge in [0.2, 0.25) is 0 Å². The summed E-state index contributed by atoms with van der Waals surface area (Å²) < 4.78 is 78.3. The molecule has 1 N–H and O–H groups in total. The maximum absolute atomic E-state index is 12.7. The van der Waals surface area contributed by atoms with Crippen LogP contribution < -0.4 is 10.1 Å². The molecule has 0 aliphatic carbocycles. The van der Waals surface area contributed by atoms with Crippen molar-refractivity contribution in [1.82, 2.24) is 5.32 Å². The summed E-state index contributed by atoms with van der Waals surface area (Å²) in [5.74, 6) is -0.434. The molecule has 21 heavy (non-hydrogen) atoms. The molecule has 2 atom stereocenters. The Kier molecular flexibility index (Phi) is 4.36. The standard InChI is InChI=1S/C13H13F6NO/c14-12(15,16)11-6-2-5-10(20-11)8-3-1-4-9(7-8)21-13(17,18)19/h1,3-4,7,10-11,20H,2,5-6H2. The van der Waals surface area contributed by atoms with Gasteiger partial charge in [0, 0.05) is 6.04 Å². The van der Waals surface area contributed by atoms with E-state index >= 15 is 0 Å². The first-order chi connectivity index (χ1) is 9.65. The molecule has 0 radical (unpaired) electrons. The van der Waals surface area contributed by atoms with Gasteiger partial charge in [0.25, 0.3) is 0 Å². The zero-order chi connectivity index (χ0) is 15.7. The predicted molar refractivity (Wildman–Crippen MR) is 62.7 cm³/mol. The highest BCUT2D eigenvalue weighted by Crippen LogP contribution is 2.34. The molecule has 1 aromatic rings. The van der Waals surface area contributed by atoms with Gasteiger partial charge in [0.05, 0.1) is 0 Å². The van der Waals surface area contributed by atoms with Gasteiger partial charge in [0.15, 0.2) is 0 Å². The molecule has 2 unspecified atom stereocenters. The number of piperidine rings is 1. The van der Waals surface area contributed by atoms with Gasteiger partial charge in [-0.05, 0) is 37.0 Å². The molecule has 0 saturated carbocycles. The third-order valence-electron chi connectivity index (χ3n) is 3.28. The molecule has 2 rings (SSSR count). The van der Waals surface area contributed by atoms with Crippen LogP contribution in [0.3, 0.4) is 0 Å². The lowest BCUT2D eigenvalue weighted by molar-refractivity contribution is -0.274. The van der Waals surface area contributed by atoms with Crippen molar-refractivity contribution in [3.05, 3.63) is 29.8 Å². The zero-order valence-electron chi connectivity index (χ0n) is 10.8. The van der Waals surface area contributed by atoms with E-state index in [-0.39, 0.29) is 6.42 Å². The number of ether oxygens (including phenoxy) is 1. The van der Waals surface area contributed by atoms with Crippen molar-refractivity contribution in [3.63, 3.8) is 0 Å². The van der Waals surface area contributed by atoms with Gasteiger partial charge in [-0.2, -0.15) is 13.2 Å². The van der Waals surface area contributed by atoms with Crippen molar-refractivity contribution in [2.75, 3.05) is 0 Å². The molecule has 0 amide bonds. The first kappa shape index (κ1) is 15.9. The quantitative estimate of drug-likeness (QED) is 0.821. The second-order valence-electron chi connectivity index (χ2n) is 4.86. The van der Waals surface area contributed by atoms with Crippen LogP contribution in [0.15, 0.2) is 24.3 Å². The van der Waals surface area contributed by atoms with Crippen molar-refractivity contribution >= 4 is 0 Å². The van der Waals surface area contributed by atoms with E-state index in [4.69, 9.17) is 0 Å². The van der Waals surface area contributed by atoms with Crippen LogP contribution in [-0.4, -0.2) is 18.6 Å². The van der Waals surface area contributed by atoms with Crippen molar-refractivity contribution in [2.45, 2.75) is 43.9 Å². The normalized spacial score (nSPS) is 23.9. The molecule has 1 saturated heterocycles. The SMILES string of the molecule is FC(F)(F)Oc1cccc(C2CCCC(C(F)(F)F)N2)c1. The molecule has 0 aromatic heterocycles. The fourth-order valence-corrected chi connectivity index (χ4v) is 2.39. The lowest BCUT2D eigenvalue weighted by Gasteiger charge is -2.32. The molecular weight excluding hydrogens is 300 g/mol. The molecule has 8 heteroatoms. The Hall–Kier alpha value is -1.44. The van der Waals surface area contributed by atoms with Crippen LogP contribution in [0.25, 0.3) is 0 Å². The van der Waals surface area contributed by atoms with Gasteiger partial charge < -0.3 is 4.74 Å². The highest BCUT2D eigenvalue weighted by Gasteiger charge is 2.42. The smallest absolute Gasteiger partial charge is 0.406 e. The number of alkyl halides is 6. The minimum atomic E-state index is -4.83. The molecule has 0 bridgehead atoms. The summed E-state index contributed by atoms with van der Waals surface area (Å²) in [6.45, 7) is 0. The van der Waals surface area contributed by atoms with E-state index in [2.05, 4.69) is 10.1 Å². The maximum Gasteiger partial charge on any atom is 0.573 e. The number of hydrogen-bond acceptors (Lipinski definition) is 2. The summed E-state index contributed by atoms with van der Waals surface area (Å²) >= 11 is 0. The third-order valence-corrected chi connectivity index (χ3v) is 3.28. The molecule has 2 nitrogen and oxygen atoms in total. The van der Waals surface area contributed by atoms with Crippen LogP contribution >= 0.6 is 0 Å². The predicted octanol–water partition coefficient (Wildman–Crippen LogP) is 4.33. The van der Waals surface area contributed by atoms with Gasteiger partial charge >= 0.3 is 12.5 Å². The van der Waals surface area contributed by atoms with Crippen LogP contribution in [0.1, 0.15) is 30.9 Å². The first-order valence-corrected chi connectivity index (χ1v) is 6.33. The lowest BCUT2D eigenvalue weighted by Crippen LogP contribution is -2.46. The van der Waals surface area contributed by atoms with E-state index in [1.165, 1.54) is 12.1 Å². The minimum absolute atomic E-state index is 0.0290. The Morgan fingerprint density at radius 1 is 1.05 bits per heavy atom. The summed E-state index contributed by atoms with van der Waals surface area (Å²) in [4.78, 5) is 0. The number of nitrogens with one attached hydrogen (secondary N) is 1. The van der Waals surface area contributed by atoms with E-state index in [1.807, 2.05) is 0 Å². The average Bonchev–Trinajstić information content (AvgIpc) is 2.36. The molecule has 1 heterocycles. The average molecular weight is 313 g/mol. The van der Waals surface area contributed by atoms with E-state index in [9.17, 15) is 26.3 Å². The molecule has 1 aromatic carbocycles. The third kappa shape index (κ3) is 4.52. The van der Waals surface area contributed by atoms with Gasteiger partial charge in [0.1, 0.15) is 11.8 Å². The van der Waals surface area contributed by atoms with E-state index < -0.39 is 30.4 Å². The summed E-state index contributed by atoms with van der Waals surface area (Å²) in [6, 6.07) is 2.77. The Balaban J connectivity index is 2.12. The Labute approximate surface area is 117 Å². The largest absolute Gasteiger partial charge is 0.573 e. The van der Waals surface area contributed by atoms with Crippen LogP contribution in [0.5, 0.6) is 5.75 Å². The molecule has 0 spiro atoms. The number of benzene rings is 1. The highest BCUT2D eigenvalue weighted by atomic mass is 19.4. The van der Waals surface area contributed by atoms with E-state index in [1.54, 1.807) is 0 Å². The Bertz CT molecular complexity index is 484. The van der Waals surface area contributed by atoms with Gasteiger partial charge in [-0.15, -0.1) is 13.2 Å². The van der Waals surface area contributed by atoms with Crippen molar-refractivity contribution in [1.29, 1.82) is 0 Å². The molecule has 118 valence electrons. The first-order valence-electron chi connectivity index (χ1n) is 6.33. The minimum Gasteiger partial charge on any atom is -0.406 e. The molecular formula is C13H13F6NO. The number of halogens is 6. The molecule has 1 fully saturated rings. The summed E-state index contributed by atoms with van der Waals surface area (Å²) in [7, 11) is 0. The van der Waals surface area contributed by atoms with Crippen LogP contribution in [0.4, 0.5) is 26.3 Å². The monoisotopic (exact) mass is 313 g/mol. The Morgan fingerprint density at radius 2 is 1.76 bits per heavy atom. The second-order valence-corrected chi connectivity index (χ2v) is 4.86. The van der Waals surface area contributed by atoms with E-state index in [0.717, 1.165) is 12.1 Å². The topological polar surface area (TPSA) is 21.3 Å². The van der Waals surface area contributed by atoms with Crippen molar-refractivity contribution < 1.29 is 31.1 Å². The Morgan fingerprint density at radius 3 is 2.38 bits per heavy atom. The van der Waals surface area contributed by atoms with Gasteiger partial charge in [-0.3, -0.25) is 5.32 Å². The number of rotatable bonds is 2. The van der Waals surface area contributed by atoms with Crippen molar-refractivity contribution in [2.24, 2.45) is 0 Å². The number of hydrogen-bond donors (Lipinski definition) is 1. The summed E-state index contributed by atoms with van der Waals surface area (Å²) in [6.07, 6.45) is -8.43. The van der Waals surface area contributed by atoms with Gasteiger partial charge in [-0.1, -0.05) is 12.1 Å². The lowest BCUT2D eigenvalue weighted by atomic mass is 9.93. The second kappa shape index (κ2) is 5.75. The fraction of sp³-hybridized carbons (Fsp3) is 0.538. The van der Waals surface area contributed by atoms with Gasteiger partial charge in [-0.25, -0.2) is 0 Å². The van der Waals surface area contributed by atoms with Crippen LogP contribution in [-0.2, 0) is 0 Å². The van der Waals surface area contributed by atoms with Crippen LogP contribution in [0, 0.1) is 0 Å². The molecule has 1 aliphatic rings. The summed E-state index contributed by atoms with van der Waals surface area (Å²) in [5, 5.41) is 2.44. The summed E-state index contributed by atoms with van der Waals surface area (Å²) in [5.41, 5.74) is 0.353. The van der Waals surface area contributed by atoms with Crippen molar-refractivity contribution in [3.8, 4) is 5.75 Å².